The number of carbonyl (C=O) groups excluding carboxylic acids is 1. The zero-order chi connectivity index (χ0) is 17.4. The van der Waals surface area contributed by atoms with Gasteiger partial charge in [-0.15, -0.1) is 0 Å². The van der Waals surface area contributed by atoms with E-state index in [2.05, 4.69) is 15.3 Å². The summed E-state index contributed by atoms with van der Waals surface area (Å²) in [4.78, 5) is 21.2. The maximum absolute atomic E-state index is 12.7. The van der Waals surface area contributed by atoms with Crippen molar-refractivity contribution in [1.82, 2.24) is 19.9 Å². The van der Waals surface area contributed by atoms with E-state index < -0.39 is 0 Å². The van der Waals surface area contributed by atoms with Crippen LogP contribution in [0.5, 0.6) is 0 Å². The van der Waals surface area contributed by atoms with E-state index in [1.165, 1.54) is 0 Å². The first-order valence-corrected chi connectivity index (χ1v) is 8.27. The maximum Gasteiger partial charge on any atom is 0.258 e. The lowest BCUT2D eigenvalue weighted by molar-refractivity contribution is -0.115. The molecule has 0 unspecified atom stereocenters. The van der Waals surface area contributed by atoms with Gasteiger partial charge in [0, 0.05) is 30.7 Å². The quantitative estimate of drug-likeness (QED) is 0.757. The second kappa shape index (κ2) is 6.22. The number of aliphatic hydroxyl groups is 1. The number of amides is 1. The summed E-state index contributed by atoms with van der Waals surface area (Å²) in [5.74, 6) is 0.137. The largest absolute Gasteiger partial charge is 0.511 e. The minimum atomic E-state index is -0.373. The third-order valence-corrected chi connectivity index (χ3v) is 4.63. The molecule has 0 spiro atoms. The van der Waals surface area contributed by atoms with Gasteiger partial charge in [-0.2, -0.15) is 0 Å². The highest BCUT2D eigenvalue weighted by Gasteiger charge is 2.27. The number of benzene rings is 1. The Morgan fingerprint density at radius 1 is 1.32 bits per heavy atom. The average molecular weight is 355 g/mol. The van der Waals surface area contributed by atoms with E-state index in [0.29, 0.717) is 29.3 Å². The molecule has 1 aromatic carbocycles. The van der Waals surface area contributed by atoms with Gasteiger partial charge in [-0.25, -0.2) is 4.98 Å². The van der Waals surface area contributed by atoms with Crippen LogP contribution in [0.3, 0.4) is 0 Å². The highest BCUT2D eigenvalue weighted by molar-refractivity contribution is 6.31. The van der Waals surface area contributed by atoms with Gasteiger partial charge in [0.1, 0.15) is 22.7 Å². The normalized spacial score (nSPS) is 13.8. The number of carbonyl (C=O) groups is 1. The summed E-state index contributed by atoms with van der Waals surface area (Å²) in [6.45, 7) is 0.847. The number of aromatic nitrogens is 3. The Labute approximate surface area is 148 Å². The van der Waals surface area contributed by atoms with Gasteiger partial charge >= 0.3 is 0 Å². The zero-order valence-corrected chi connectivity index (χ0v) is 14.0. The molecule has 3 heterocycles. The molecule has 0 aliphatic carbocycles. The topological polar surface area (TPSA) is 80.0 Å². The molecule has 126 valence electrons. The molecule has 1 aliphatic heterocycles. The predicted molar refractivity (Wildman–Crippen MR) is 95.0 cm³/mol. The van der Waals surface area contributed by atoms with Crippen molar-refractivity contribution >= 4 is 34.1 Å². The summed E-state index contributed by atoms with van der Waals surface area (Å²) in [6, 6.07) is 9.16. The second-order valence-corrected chi connectivity index (χ2v) is 6.20. The van der Waals surface area contributed by atoms with Crippen molar-refractivity contribution < 1.29 is 9.90 Å². The maximum atomic E-state index is 12.7. The van der Waals surface area contributed by atoms with E-state index in [1.54, 1.807) is 18.5 Å². The Kier molecular flexibility index (Phi) is 3.89. The van der Waals surface area contributed by atoms with E-state index in [-0.39, 0.29) is 23.8 Å². The molecule has 0 saturated heterocycles. The number of nitrogens with zero attached hydrogens (tertiary/aromatic N) is 3. The van der Waals surface area contributed by atoms with Crippen LogP contribution in [0, 0.1) is 0 Å². The standard InChI is InChI=1S/C18H15ClN4O2/c19-12-4-2-1-3-11(12)9-21-18(25)16-15(24)6-8-23-14-5-7-20-10-13(14)22-17(16)23/h1-5,7,10,24H,6,8-9H2,(H,21,25). The van der Waals surface area contributed by atoms with Gasteiger partial charge in [0.15, 0.2) is 0 Å². The van der Waals surface area contributed by atoms with E-state index in [4.69, 9.17) is 11.6 Å². The Balaban J connectivity index is 1.65. The van der Waals surface area contributed by atoms with Crippen molar-refractivity contribution in [3.05, 3.63) is 64.9 Å². The number of aliphatic hydroxyl groups excluding tert-OH is 1. The summed E-state index contributed by atoms with van der Waals surface area (Å²) in [6.07, 6.45) is 3.72. The van der Waals surface area contributed by atoms with Crippen molar-refractivity contribution in [2.75, 3.05) is 0 Å². The third kappa shape index (κ3) is 2.74. The molecule has 0 bridgehead atoms. The summed E-state index contributed by atoms with van der Waals surface area (Å²) in [5, 5.41) is 13.7. The average Bonchev–Trinajstić information content (AvgIpc) is 2.99. The van der Waals surface area contributed by atoms with Crippen LogP contribution in [0.15, 0.2) is 48.5 Å². The lowest BCUT2D eigenvalue weighted by Crippen LogP contribution is -2.28. The Morgan fingerprint density at radius 2 is 2.16 bits per heavy atom. The van der Waals surface area contributed by atoms with E-state index in [0.717, 1.165) is 11.1 Å². The Morgan fingerprint density at radius 3 is 3.00 bits per heavy atom. The molecular formula is C18H15ClN4O2. The first kappa shape index (κ1) is 15.7. The number of hydrogen-bond acceptors (Lipinski definition) is 4. The van der Waals surface area contributed by atoms with Crippen LogP contribution in [0.25, 0.3) is 16.6 Å². The van der Waals surface area contributed by atoms with E-state index in [9.17, 15) is 9.90 Å². The zero-order valence-electron chi connectivity index (χ0n) is 13.2. The molecule has 2 aromatic heterocycles. The predicted octanol–water partition coefficient (Wildman–Crippen LogP) is 3.07. The molecule has 0 radical (unpaired) electrons. The van der Waals surface area contributed by atoms with Crippen LogP contribution in [-0.2, 0) is 17.9 Å². The molecule has 1 aliphatic rings. The third-order valence-electron chi connectivity index (χ3n) is 4.26. The van der Waals surface area contributed by atoms with Crippen LogP contribution in [-0.4, -0.2) is 25.5 Å². The first-order chi connectivity index (χ1) is 12.1. The molecule has 7 heteroatoms. The van der Waals surface area contributed by atoms with Crippen molar-refractivity contribution in [1.29, 1.82) is 0 Å². The van der Waals surface area contributed by atoms with Gasteiger partial charge in [0.25, 0.3) is 5.91 Å². The number of imidazole rings is 1. The number of nitrogens with one attached hydrogen (secondary N) is 1. The first-order valence-electron chi connectivity index (χ1n) is 7.89. The number of fused-ring (bicyclic) bond motifs is 3. The monoisotopic (exact) mass is 354 g/mol. The summed E-state index contributed by atoms with van der Waals surface area (Å²) in [7, 11) is 0. The van der Waals surface area contributed by atoms with Crippen molar-refractivity contribution in [3.8, 4) is 0 Å². The van der Waals surface area contributed by atoms with Crippen LogP contribution in [0.1, 0.15) is 17.8 Å². The Hall–Kier alpha value is -2.86. The minimum absolute atomic E-state index is 0.0485. The minimum Gasteiger partial charge on any atom is -0.511 e. The van der Waals surface area contributed by atoms with Gasteiger partial charge in [0.05, 0.1) is 11.7 Å². The van der Waals surface area contributed by atoms with Gasteiger partial charge in [-0.3, -0.25) is 9.78 Å². The molecule has 1 amide bonds. The molecule has 6 nitrogen and oxygen atoms in total. The lowest BCUT2D eigenvalue weighted by atomic mass is 10.1. The number of allylic oxidation sites excluding steroid dienone is 1. The summed E-state index contributed by atoms with van der Waals surface area (Å²) in [5.41, 5.74) is 2.61. The van der Waals surface area contributed by atoms with E-state index >= 15 is 0 Å². The summed E-state index contributed by atoms with van der Waals surface area (Å²) >= 11 is 6.12. The molecule has 4 rings (SSSR count). The van der Waals surface area contributed by atoms with E-state index in [1.807, 2.05) is 28.8 Å². The smallest absolute Gasteiger partial charge is 0.258 e. The van der Waals surface area contributed by atoms with Crippen LogP contribution in [0.2, 0.25) is 5.02 Å². The second-order valence-electron chi connectivity index (χ2n) is 5.80. The van der Waals surface area contributed by atoms with Crippen LogP contribution in [0.4, 0.5) is 0 Å². The molecule has 0 fully saturated rings. The molecule has 3 aromatic rings. The number of pyridine rings is 1. The van der Waals surface area contributed by atoms with Crippen molar-refractivity contribution in [2.45, 2.75) is 19.5 Å². The molecule has 25 heavy (non-hydrogen) atoms. The van der Waals surface area contributed by atoms with Crippen molar-refractivity contribution in [2.24, 2.45) is 0 Å². The fourth-order valence-electron chi connectivity index (χ4n) is 3.01. The molecule has 0 saturated carbocycles. The number of rotatable bonds is 3. The molecule has 2 N–H and O–H groups in total. The lowest BCUT2D eigenvalue weighted by Gasteiger charge is -2.18. The van der Waals surface area contributed by atoms with Gasteiger partial charge < -0.3 is 15.0 Å². The number of halogens is 1. The summed E-state index contributed by atoms with van der Waals surface area (Å²) < 4.78 is 1.93. The fourth-order valence-corrected chi connectivity index (χ4v) is 3.21. The van der Waals surface area contributed by atoms with Crippen molar-refractivity contribution in [3.63, 3.8) is 0 Å². The van der Waals surface area contributed by atoms with Crippen LogP contribution >= 0.6 is 11.6 Å². The fraction of sp³-hybridized carbons (Fsp3) is 0.167. The van der Waals surface area contributed by atoms with Gasteiger partial charge in [0.2, 0.25) is 0 Å². The number of hydrogen-bond donors (Lipinski definition) is 2. The Bertz CT molecular complexity index is 1010. The highest BCUT2D eigenvalue weighted by atomic mass is 35.5. The number of aryl methyl sites for hydroxylation is 1. The molecular weight excluding hydrogens is 340 g/mol. The van der Waals surface area contributed by atoms with Gasteiger partial charge in [-0.05, 0) is 17.7 Å². The molecule has 0 atom stereocenters. The van der Waals surface area contributed by atoms with Crippen LogP contribution < -0.4 is 5.32 Å². The SMILES string of the molecule is O=C(NCc1ccccc1Cl)C1=C(O)CCn2c1nc1cnccc12. The highest BCUT2D eigenvalue weighted by Crippen LogP contribution is 2.29. The van der Waals surface area contributed by atoms with Gasteiger partial charge in [-0.1, -0.05) is 29.8 Å².